The molecule has 2 radical (unpaired) electrons. The minimum absolute atomic E-state index is 0.0313. The first-order valence-electron chi connectivity index (χ1n) is 3.22. The summed E-state index contributed by atoms with van der Waals surface area (Å²) in [5, 5.41) is 0. The number of rotatable bonds is 0. The molecule has 0 aliphatic carbocycles. The molecule has 0 aromatic carbocycles. The Morgan fingerprint density at radius 2 is 1.50 bits per heavy atom. The molecule has 0 atom stereocenters. The van der Waals surface area contributed by atoms with Crippen molar-refractivity contribution in [2.24, 2.45) is 5.64 Å². The van der Waals surface area contributed by atoms with Gasteiger partial charge >= 0.3 is 7.12 Å². The largest absolute Gasteiger partial charge is 0.375 e. The van der Waals surface area contributed by atoms with E-state index in [1.165, 1.54) is 0 Å². The van der Waals surface area contributed by atoms with Crippen LogP contribution in [0.4, 0.5) is 0 Å². The lowest BCUT2D eigenvalue weighted by Crippen LogP contribution is -2.68. The minimum Gasteiger partial charge on any atom is -0.367 e. The van der Waals surface area contributed by atoms with Crippen molar-refractivity contribution >= 4 is 22.2 Å². The van der Waals surface area contributed by atoms with Gasteiger partial charge in [-0.25, -0.2) is 0 Å². The van der Waals surface area contributed by atoms with Crippen LogP contribution in [0.2, 0.25) is 0 Å². The molecule has 4 nitrogen and oxygen atoms in total. The van der Waals surface area contributed by atoms with Crippen molar-refractivity contribution in [3.05, 3.63) is 0 Å². The predicted molar refractivity (Wildman–Crippen MR) is 44.7 cm³/mol. The molecule has 1 fully saturated rings. The van der Waals surface area contributed by atoms with E-state index in [1.807, 2.05) is 50.4 Å². The van der Waals surface area contributed by atoms with Crippen molar-refractivity contribution in [2.45, 2.75) is 0 Å². The molecule has 0 unspecified atom stereocenters. The molecular formula is C3H11B3N4. The fourth-order valence-electron chi connectivity index (χ4n) is 1.03. The number of hydrogen-bond donors (Lipinski definition) is 1. The van der Waals surface area contributed by atoms with E-state index in [2.05, 4.69) is 0 Å². The zero-order valence-electron chi connectivity index (χ0n) is 6.65. The van der Waals surface area contributed by atoms with Crippen molar-refractivity contribution < 1.29 is 0 Å². The molecule has 7 heteroatoms. The maximum Gasteiger partial charge on any atom is 0.375 e. The van der Waals surface area contributed by atoms with Gasteiger partial charge in [0.05, 0.1) is 0 Å². The second kappa shape index (κ2) is 2.96. The van der Waals surface area contributed by atoms with Gasteiger partial charge < -0.3 is 19.8 Å². The van der Waals surface area contributed by atoms with Gasteiger partial charge in [0.25, 0.3) is 15.1 Å². The SMILES string of the molecule is CN1[B]N(C)B(N)N(C)[B]1. The Morgan fingerprint density at radius 3 is 1.90 bits per heavy atom. The summed E-state index contributed by atoms with van der Waals surface area (Å²) in [6.07, 6.45) is 0. The lowest BCUT2D eigenvalue weighted by atomic mass is 9.69. The summed E-state index contributed by atoms with van der Waals surface area (Å²) in [6, 6.07) is 0. The fourth-order valence-corrected chi connectivity index (χ4v) is 1.03. The average Bonchev–Trinajstić information content (AvgIpc) is 1.82. The molecule has 2 N–H and O–H groups in total. The molecule has 0 aromatic rings. The van der Waals surface area contributed by atoms with Crippen LogP contribution < -0.4 is 5.64 Å². The smallest absolute Gasteiger partial charge is 0.367 e. The zero-order valence-corrected chi connectivity index (χ0v) is 6.65. The van der Waals surface area contributed by atoms with Crippen LogP contribution in [-0.2, 0) is 0 Å². The van der Waals surface area contributed by atoms with Gasteiger partial charge in [-0.2, -0.15) is 0 Å². The summed E-state index contributed by atoms with van der Waals surface area (Å²) in [5.41, 5.74) is 5.75. The van der Waals surface area contributed by atoms with Gasteiger partial charge in [0.15, 0.2) is 0 Å². The zero-order chi connectivity index (χ0) is 7.72. The first-order chi connectivity index (χ1) is 4.61. The molecule has 1 saturated heterocycles. The molecule has 0 amide bonds. The van der Waals surface area contributed by atoms with Crippen LogP contribution in [0, 0.1) is 0 Å². The van der Waals surface area contributed by atoms with Crippen LogP contribution in [0.3, 0.4) is 0 Å². The summed E-state index contributed by atoms with van der Waals surface area (Å²) >= 11 is 0. The van der Waals surface area contributed by atoms with Crippen LogP contribution in [-0.4, -0.2) is 57.5 Å². The Morgan fingerprint density at radius 1 is 1.10 bits per heavy atom. The summed E-state index contributed by atoms with van der Waals surface area (Å²) in [5.74, 6) is 0. The van der Waals surface area contributed by atoms with Gasteiger partial charge in [-0.3, -0.25) is 0 Å². The summed E-state index contributed by atoms with van der Waals surface area (Å²) in [7, 11) is 9.74. The Labute approximate surface area is 64.0 Å². The predicted octanol–water partition coefficient (Wildman–Crippen LogP) is -2.19. The van der Waals surface area contributed by atoms with Gasteiger partial charge in [-0.15, -0.1) is 0 Å². The van der Waals surface area contributed by atoms with Gasteiger partial charge in [0, 0.05) is 0 Å². The first-order valence-corrected chi connectivity index (χ1v) is 3.22. The van der Waals surface area contributed by atoms with Gasteiger partial charge in [-0.05, 0) is 21.1 Å². The highest BCUT2D eigenvalue weighted by Crippen LogP contribution is 1.96. The molecular weight excluding hydrogens is 124 g/mol. The monoisotopic (exact) mass is 136 g/mol. The van der Waals surface area contributed by atoms with E-state index in [4.69, 9.17) is 5.64 Å². The third-order valence-corrected chi connectivity index (χ3v) is 1.56. The lowest BCUT2D eigenvalue weighted by Gasteiger charge is -2.37. The molecule has 1 aliphatic rings. The number of nitrogens with two attached hydrogens (primary N) is 1. The molecule has 0 spiro atoms. The highest BCUT2D eigenvalue weighted by atomic mass is 15.3. The standard InChI is InChI=1S/C3H11B3N4/c1-8-4-9(2)6(7)10(3)5-8/h7H2,1-3H3. The van der Waals surface area contributed by atoms with Crippen LogP contribution in [0.15, 0.2) is 0 Å². The molecule has 10 heavy (non-hydrogen) atoms. The molecule has 52 valence electrons. The van der Waals surface area contributed by atoms with Crippen molar-refractivity contribution in [3.63, 3.8) is 0 Å². The van der Waals surface area contributed by atoms with Crippen molar-refractivity contribution in [1.82, 2.24) is 14.2 Å². The van der Waals surface area contributed by atoms with Gasteiger partial charge in [-0.1, -0.05) is 0 Å². The quantitative estimate of drug-likeness (QED) is 0.383. The minimum atomic E-state index is -0.0313. The Hall–Kier alpha value is 0.0348. The first kappa shape index (κ1) is 8.13. The second-order valence-electron chi connectivity index (χ2n) is 2.64. The maximum atomic E-state index is 5.75. The van der Waals surface area contributed by atoms with E-state index >= 15 is 0 Å². The van der Waals surface area contributed by atoms with Crippen LogP contribution in [0.5, 0.6) is 0 Å². The third kappa shape index (κ3) is 1.55. The lowest BCUT2D eigenvalue weighted by molar-refractivity contribution is 0.575. The Bertz CT molecular complexity index is 110. The number of nitrogens with zero attached hydrogens (tertiary/aromatic N) is 3. The van der Waals surface area contributed by atoms with E-state index in [-0.39, 0.29) is 7.12 Å². The highest BCUT2D eigenvalue weighted by molar-refractivity contribution is 6.72. The van der Waals surface area contributed by atoms with E-state index in [0.29, 0.717) is 0 Å². The van der Waals surface area contributed by atoms with Crippen molar-refractivity contribution in [1.29, 1.82) is 0 Å². The van der Waals surface area contributed by atoms with Crippen LogP contribution in [0.25, 0.3) is 0 Å². The average molecular weight is 136 g/mol. The molecule has 1 rings (SSSR count). The van der Waals surface area contributed by atoms with Crippen molar-refractivity contribution in [3.8, 4) is 0 Å². The fraction of sp³-hybridized carbons (Fsp3) is 1.00. The normalized spacial score (nSPS) is 24.2. The van der Waals surface area contributed by atoms with E-state index < -0.39 is 0 Å². The van der Waals surface area contributed by atoms with Crippen LogP contribution in [0.1, 0.15) is 0 Å². The summed E-state index contributed by atoms with van der Waals surface area (Å²) in [4.78, 5) is 0. The van der Waals surface area contributed by atoms with E-state index in [1.54, 1.807) is 0 Å². The highest BCUT2D eigenvalue weighted by Gasteiger charge is 2.30. The van der Waals surface area contributed by atoms with Crippen LogP contribution >= 0.6 is 0 Å². The molecule has 0 aromatic heterocycles. The van der Waals surface area contributed by atoms with Gasteiger partial charge in [0.2, 0.25) is 0 Å². The molecule has 0 bridgehead atoms. The Balaban J connectivity index is 2.49. The Kier molecular flexibility index (Phi) is 2.41. The summed E-state index contributed by atoms with van der Waals surface area (Å²) < 4.78 is 5.85. The molecule has 1 aliphatic heterocycles. The summed E-state index contributed by atoms with van der Waals surface area (Å²) in [6.45, 7) is 0. The van der Waals surface area contributed by atoms with E-state index in [0.717, 1.165) is 0 Å². The maximum absolute atomic E-state index is 5.75. The molecule has 0 saturated carbocycles. The van der Waals surface area contributed by atoms with Crippen molar-refractivity contribution in [2.75, 3.05) is 21.1 Å². The number of hydrogen-bond acceptors (Lipinski definition) is 4. The topological polar surface area (TPSA) is 35.7 Å². The second-order valence-corrected chi connectivity index (χ2v) is 2.64. The third-order valence-electron chi connectivity index (χ3n) is 1.56. The van der Waals surface area contributed by atoms with E-state index in [9.17, 15) is 0 Å². The molecule has 1 heterocycles. The van der Waals surface area contributed by atoms with Gasteiger partial charge in [0.1, 0.15) is 0 Å².